The monoisotopic (exact) mass is 463 g/mol. The van der Waals surface area contributed by atoms with Gasteiger partial charge in [0.25, 0.3) is 11.8 Å². The van der Waals surface area contributed by atoms with Crippen LogP contribution in [0.1, 0.15) is 49.2 Å². The van der Waals surface area contributed by atoms with Crippen molar-refractivity contribution in [2.45, 2.75) is 33.3 Å². The lowest BCUT2D eigenvalue weighted by Gasteiger charge is -2.23. The first-order valence-electron chi connectivity index (χ1n) is 11.6. The number of ether oxygens (including phenoxy) is 1. The number of benzene rings is 2. The summed E-state index contributed by atoms with van der Waals surface area (Å²) in [5.74, 6) is -0.392. The van der Waals surface area contributed by atoms with Crippen molar-refractivity contribution < 1.29 is 18.7 Å². The van der Waals surface area contributed by atoms with E-state index in [-0.39, 0.29) is 11.8 Å². The van der Waals surface area contributed by atoms with Gasteiger partial charge < -0.3 is 20.3 Å². The lowest BCUT2D eigenvalue weighted by Crippen LogP contribution is -2.34. The quantitative estimate of drug-likeness (QED) is 0.595. The van der Waals surface area contributed by atoms with E-state index >= 15 is 0 Å². The summed E-state index contributed by atoms with van der Waals surface area (Å²) in [6, 6.07) is 11.6. The predicted octanol–water partition coefficient (Wildman–Crippen LogP) is 4.45. The van der Waals surface area contributed by atoms with Gasteiger partial charge in [0, 0.05) is 29.8 Å². The molecular weight excluding hydrogens is 433 g/mol. The van der Waals surface area contributed by atoms with Crippen LogP contribution >= 0.6 is 0 Å². The number of likely N-dealkylation sites (N-methyl/N-ethyl adjacent to an activating group) is 1. The molecule has 0 radical (unpaired) electrons. The zero-order valence-corrected chi connectivity index (χ0v) is 20.0. The average molecular weight is 464 g/mol. The van der Waals surface area contributed by atoms with Gasteiger partial charge in [-0.2, -0.15) is 0 Å². The molecule has 0 aliphatic carbocycles. The van der Waals surface area contributed by atoms with Crippen LogP contribution in [0.25, 0.3) is 11.1 Å². The standard InChI is InChI=1S/C27H30FN3O3/c1-5-31(6-2)14-13-29-25(32)18-9-7-17(8-10-18)21-16-23(34-27(21,3)4)24-20-12-11-19(28)15-22(20)30-26(24)33/h7-12,15-16H,5-6,13-14H2,1-4H3,(H,29,32)(H,30,33)/b24-23+. The zero-order valence-electron chi connectivity index (χ0n) is 20.0. The number of hydrogen-bond acceptors (Lipinski definition) is 4. The number of fused-ring (bicyclic) bond motifs is 1. The average Bonchev–Trinajstić information content (AvgIpc) is 3.30. The zero-order chi connectivity index (χ0) is 24.5. The number of nitrogens with one attached hydrogen (secondary N) is 2. The Kier molecular flexibility index (Phi) is 6.57. The maximum absolute atomic E-state index is 13.6. The third-order valence-corrected chi connectivity index (χ3v) is 6.33. The van der Waals surface area contributed by atoms with E-state index in [1.165, 1.54) is 12.1 Å². The second-order valence-corrected chi connectivity index (χ2v) is 8.91. The summed E-state index contributed by atoms with van der Waals surface area (Å²) in [6.07, 6.45) is 1.85. The summed E-state index contributed by atoms with van der Waals surface area (Å²) in [5.41, 5.74) is 3.15. The highest BCUT2D eigenvalue weighted by Crippen LogP contribution is 2.44. The second kappa shape index (κ2) is 9.43. The van der Waals surface area contributed by atoms with Crippen LogP contribution in [-0.4, -0.2) is 48.5 Å². The van der Waals surface area contributed by atoms with Gasteiger partial charge in [-0.05, 0) is 68.9 Å². The van der Waals surface area contributed by atoms with Crippen molar-refractivity contribution in [3.05, 3.63) is 76.8 Å². The van der Waals surface area contributed by atoms with Crippen LogP contribution in [0.15, 0.2) is 54.3 Å². The first-order valence-corrected chi connectivity index (χ1v) is 11.6. The Bertz CT molecular complexity index is 1180. The van der Waals surface area contributed by atoms with Crippen molar-refractivity contribution in [1.29, 1.82) is 0 Å². The lowest BCUT2D eigenvalue weighted by molar-refractivity contribution is -0.111. The van der Waals surface area contributed by atoms with Gasteiger partial charge in [-0.15, -0.1) is 0 Å². The number of amides is 2. The van der Waals surface area contributed by atoms with E-state index in [0.717, 1.165) is 30.8 Å². The molecule has 2 N–H and O–H groups in total. The molecule has 7 heteroatoms. The van der Waals surface area contributed by atoms with Crippen molar-refractivity contribution in [2.24, 2.45) is 0 Å². The summed E-state index contributed by atoms with van der Waals surface area (Å²) in [5, 5.41) is 5.67. The van der Waals surface area contributed by atoms with E-state index < -0.39 is 11.4 Å². The molecule has 4 rings (SSSR count). The Labute approximate surface area is 199 Å². The first-order chi connectivity index (χ1) is 16.2. The minimum atomic E-state index is -0.682. The molecule has 2 aromatic carbocycles. The number of nitrogens with zero attached hydrogens (tertiary/aromatic N) is 1. The topological polar surface area (TPSA) is 70.7 Å². The summed E-state index contributed by atoms with van der Waals surface area (Å²) in [4.78, 5) is 27.4. The van der Waals surface area contributed by atoms with Gasteiger partial charge in [-0.25, -0.2) is 4.39 Å². The highest BCUT2D eigenvalue weighted by atomic mass is 19.1. The minimum Gasteiger partial charge on any atom is -0.482 e. The van der Waals surface area contributed by atoms with Crippen molar-refractivity contribution in [3.63, 3.8) is 0 Å². The first kappa shape index (κ1) is 23.7. The Morgan fingerprint density at radius 3 is 2.50 bits per heavy atom. The molecule has 0 aromatic heterocycles. The molecule has 2 amide bonds. The molecule has 34 heavy (non-hydrogen) atoms. The van der Waals surface area contributed by atoms with E-state index in [2.05, 4.69) is 29.4 Å². The van der Waals surface area contributed by atoms with Crippen molar-refractivity contribution in [1.82, 2.24) is 10.2 Å². The van der Waals surface area contributed by atoms with Crippen LogP contribution in [0.4, 0.5) is 10.1 Å². The molecule has 2 aliphatic rings. The molecule has 2 aliphatic heterocycles. The van der Waals surface area contributed by atoms with Crippen molar-refractivity contribution >= 4 is 28.6 Å². The lowest BCUT2D eigenvalue weighted by atomic mass is 9.91. The third kappa shape index (κ3) is 4.61. The Morgan fingerprint density at radius 2 is 1.82 bits per heavy atom. The van der Waals surface area contributed by atoms with E-state index in [1.54, 1.807) is 18.2 Å². The van der Waals surface area contributed by atoms with Gasteiger partial charge in [0.2, 0.25) is 0 Å². The molecule has 0 bridgehead atoms. The predicted molar refractivity (Wildman–Crippen MR) is 132 cm³/mol. The molecule has 2 aromatic rings. The second-order valence-electron chi connectivity index (χ2n) is 8.91. The highest BCUT2D eigenvalue weighted by Gasteiger charge is 2.38. The van der Waals surface area contributed by atoms with E-state index in [4.69, 9.17) is 4.74 Å². The maximum Gasteiger partial charge on any atom is 0.260 e. The van der Waals surface area contributed by atoms with Crippen LogP contribution in [-0.2, 0) is 9.53 Å². The maximum atomic E-state index is 13.6. The molecular formula is C27H30FN3O3. The van der Waals surface area contributed by atoms with E-state index in [0.29, 0.717) is 34.7 Å². The van der Waals surface area contributed by atoms with Crippen LogP contribution in [0.2, 0.25) is 0 Å². The number of carbonyl (C=O) groups excluding carboxylic acids is 2. The van der Waals surface area contributed by atoms with Gasteiger partial charge >= 0.3 is 0 Å². The number of rotatable bonds is 7. The highest BCUT2D eigenvalue weighted by molar-refractivity contribution is 6.32. The fourth-order valence-corrected chi connectivity index (χ4v) is 4.38. The van der Waals surface area contributed by atoms with Crippen LogP contribution in [0.3, 0.4) is 0 Å². The normalized spacial score (nSPS) is 18.4. The number of carbonyl (C=O) groups is 2. The fourth-order valence-electron chi connectivity index (χ4n) is 4.38. The Balaban J connectivity index is 1.55. The van der Waals surface area contributed by atoms with Crippen LogP contribution < -0.4 is 10.6 Å². The molecule has 178 valence electrons. The number of halogens is 1. The molecule has 0 saturated carbocycles. The van der Waals surface area contributed by atoms with Crippen LogP contribution in [0.5, 0.6) is 0 Å². The van der Waals surface area contributed by atoms with Gasteiger partial charge in [-0.1, -0.05) is 26.0 Å². The number of hydrogen-bond donors (Lipinski definition) is 2. The van der Waals surface area contributed by atoms with Crippen molar-refractivity contribution in [2.75, 3.05) is 31.5 Å². The summed E-state index contributed by atoms with van der Waals surface area (Å²) in [6.45, 7) is 11.4. The molecule has 6 nitrogen and oxygen atoms in total. The molecule has 0 fully saturated rings. The Morgan fingerprint density at radius 1 is 1.12 bits per heavy atom. The minimum absolute atomic E-state index is 0.108. The largest absolute Gasteiger partial charge is 0.482 e. The number of allylic oxidation sites excluding steroid dienone is 1. The molecule has 0 spiro atoms. The third-order valence-electron chi connectivity index (χ3n) is 6.33. The van der Waals surface area contributed by atoms with Gasteiger partial charge in [0.1, 0.15) is 17.2 Å². The molecule has 0 unspecified atom stereocenters. The Hall–Kier alpha value is -3.45. The van der Waals surface area contributed by atoms with Gasteiger partial charge in [-0.3, -0.25) is 9.59 Å². The summed E-state index contributed by atoms with van der Waals surface area (Å²) < 4.78 is 19.8. The summed E-state index contributed by atoms with van der Waals surface area (Å²) in [7, 11) is 0. The smallest absolute Gasteiger partial charge is 0.260 e. The molecule has 0 saturated heterocycles. The molecule has 2 heterocycles. The van der Waals surface area contributed by atoms with Gasteiger partial charge in [0.15, 0.2) is 0 Å². The molecule has 0 atom stereocenters. The van der Waals surface area contributed by atoms with E-state index in [9.17, 15) is 14.0 Å². The van der Waals surface area contributed by atoms with Crippen LogP contribution in [0, 0.1) is 5.82 Å². The van der Waals surface area contributed by atoms with E-state index in [1.807, 2.05) is 32.1 Å². The fraction of sp³-hybridized carbons (Fsp3) is 0.333. The number of anilines is 1. The van der Waals surface area contributed by atoms with Gasteiger partial charge in [0.05, 0.1) is 11.3 Å². The summed E-state index contributed by atoms with van der Waals surface area (Å²) >= 11 is 0. The van der Waals surface area contributed by atoms with Crippen molar-refractivity contribution in [3.8, 4) is 0 Å². The SMILES string of the molecule is CCN(CC)CCNC(=O)c1ccc(C2=C/C(=C3\C(=O)Nc4cc(F)ccc43)OC2(C)C)cc1.